The lowest BCUT2D eigenvalue weighted by molar-refractivity contribution is -0.144. The molecule has 4 rings (SSSR count). The summed E-state index contributed by atoms with van der Waals surface area (Å²) in [7, 11) is 1.42. The smallest absolute Gasteiger partial charge is 0.328 e. The van der Waals surface area contributed by atoms with E-state index in [0.29, 0.717) is 5.82 Å². The molecule has 0 saturated heterocycles. The van der Waals surface area contributed by atoms with Crippen molar-refractivity contribution in [1.29, 1.82) is 0 Å². The first-order valence-electron chi connectivity index (χ1n) is 8.04. The van der Waals surface area contributed by atoms with E-state index in [-0.39, 0.29) is 5.97 Å². The van der Waals surface area contributed by atoms with Crippen molar-refractivity contribution in [3.8, 4) is 0 Å². The van der Waals surface area contributed by atoms with E-state index in [1.54, 1.807) is 12.4 Å². The van der Waals surface area contributed by atoms with Gasteiger partial charge in [0.2, 0.25) is 0 Å². The van der Waals surface area contributed by atoms with Gasteiger partial charge in [-0.2, -0.15) is 0 Å². The zero-order valence-corrected chi connectivity index (χ0v) is 13.5. The van der Waals surface area contributed by atoms with E-state index in [1.807, 2.05) is 30.4 Å². The van der Waals surface area contributed by atoms with Gasteiger partial charge in [-0.25, -0.2) is 4.98 Å². The minimum atomic E-state index is -1.07. The summed E-state index contributed by atoms with van der Waals surface area (Å²) in [6, 6.07) is 8.04. The number of carbonyl (C=O) groups excluding carboxylic acids is 1. The maximum Gasteiger partial charge on any atom is 0.328 e. The number of carbonyl (C=O) groups is 1. The maximum absolute atomic E-state index is 12.9. The number of H-pyrrole nitrogens is 1. The number of aromatic amines is 1. The number of rotatable bonds is 2. The molecule has 1 heterocycles. The van der Waals surface area contributed by atoms with Crippen LogP contribution >= 0.6 is 0 Å². The molecule has 1 unspecified atom stereocenters. The van der Waals surface area contributed by atoms with Crippen LogP contribution in [0.5, 0.6) is 0 Å². The third kappa shape index (κ3) is 1.99. The van der Waals surface area contributed by atoms with E-state index in [9.17, 15) is 4.79 Å². The van der Waals surface area contributed by atoms with Crippen molar-refractivity contribution in [3.63, 3.8) is 0 Å². The summed E-state index contributed by atoms with van der Waals surface area (Å²) >= 11 is 0. The van der Waals surface area contributed by atoms with E-state index in [2.05, 4.69) is 28.2 Å². The first-order chi connectivity index (χ1) is 11.8. The molecule has 0 saturated carbocycles. The molecule has 0 amide bonds. The number of aromatic nitrogens is 2. The Labute approximate surface area is 140 Å². The fourth-order valence-corrected chi connectivity index (χ4v) is 3.65. The second-order valence-corrected chi connectivity index (χ2v) is 5.99. The lowest BCUT2D eigenvalue weighted by Gasteiger charge is -2.28. The van der Waals surface area contributed by atoms with E-state index in [0.717, 1.165) is 29.5 Å². The van der Waals surface area contributed by atoms with Gasteiger partial charge in [0, 0.05) is 12.4 Å². The lowest BCUT2D eigenvalue weighted by atomic mass is 9.76. The Balaban J connectivity index is 2.06. The molecule has 1 N–H and O–H groups in total. The van der Waals surface area contributed by atoms with Crippen LogP contribution < -0.4 is 0 Å². The predicted molar refractivity (Wildman–Crippen MR) is 92.3 cm³/mol. The number of hydrogen-bond acceptors (Lipinski definition) is 3. The number of hydrogen-bond donors (Lipinski definition) is 1. The largest absolute Gasteiger partial charge is 0.468 e. The van der Waals surface area contributed by atoms with E-state index in [1.165, 1.54) is 12.7 Å². The summed E-state index contributed by atoms with van der Waals surface area (Å²) in [5, 5.41) is 0. The SMILES string of the molecule is COC(=O)C1(c2ncc[nH]2)C=CC2=C(CCC=C2)c2ccccc21. The zero-order chi connectivity index (χ0) is 16.6. The Morgan fingerprint density at radius 2 is 2.17 bits per heavy atom. The third-order valence-electron chi connectivity index (χ3n) is 4.78. The van der Waals surface area contributed by atoms with Gasteiger partial charge in [-0.05, 0) is 35.1 Å². The standard InChI is InChI=1S/C20H18N2O2/c1-24-19(23)20(18-21-12-13-22-18)11-10-14-6-2-3-7-15(14)16-8-4-5-9-17(16)20/h2,4-6,8-13H,3,7H2,1H3,(H,21,22). The van der Waals surface area contributed by atoms with Crippen molar-refractivity contribution in [1.82, 2.24) is 9.97 Å². The molecule has 4 nitrogen and oxygen atoms in total. The van der Waals surface area contributed by atoms with Gasteiger partial charge < -0.3 is 9.72 Å². The van der Waals surface area contributed by atoms with Gasteiger partial charge in [0.1, 0.15) is 5.82 Å². The van der Waals surface area contributed by atoms with Gasteiger partial charge in [-0.15, -0.1) is 0 Å². The van der Waals surface area contributed by atoms with Crippen molar-refractivity contribution in [3.05, 3.63) is 83.5 Å². The van der Waals surface area contributed by atoms with Crippen molar-refractivity contribution >= 4 is 11.5 Å². The molecule has 1 aromatic heterocycles. The molecular formula is C20H18N2O2. The highest BCUT2D eigenvalue weighted by atomic mass is 16.5. The Bertz CT molecular complexity index is 875. The number of allylic oxidation sites excluding steroid dienone is 5. The topological polar surface area (TPSA) is 55.0 Å². The average molecular weight is 318 g/mol. The van der Waals surface area contributed by atoms with E-state index < -0.39 is 5.41 Å². The Kier molecular flexibility index (Phi) is 3.45. The van der Waals surface area contributed by atoms with Gasteiger partial charge in [-0.1, -0.05) is 48.6 Å². The molecule has 0 fully saturated rings. The van der Waals surface area contributed by atoms with Crippen LogP contribution in [0.25, 0.3) is 5.57 Å². The van der Waals surface area contributed by atoms with Crippen LogP contribution in [0.4, 0.5) is 0 Å². The van der Waals surface area contributed by atoms with Gasteiger partial charge >= 0.3 is 5.97 Å². The predicted octanol–water partition coefficient (Wildman–Crippen LogP) is 3.54. The molecule has 0 radical (unpaired) electrons. The summed E-state index contributed by atoms with van der Waals surface area (Å²) in [5.74, 6) is 0.229. The fraction of sp³-hybridized carbons (Fsp3) is 0.200. The Morgan fingerprint density at radius 3 is 2.96 bits per heavy atom. The monoisotopic (exact) mass is 318 g/mol. The van der Waals surface area contributed by atoms with Crippen molar-refractivity contribution in [2.45, 2.75) is 18.3 Å². The molecule has 2 aromatic rings. The van der Waals surface area contributed by atoms with Crippen molar-refractivity contribution < 1.29 is 9.53 Å². The lowest BCUT2D eigenvalue weighted by Crippen LogP contribution is -2.38. The van der Waals surface area contributed by atoms with Crippen LogP contribution in [0, 0.1) is 0 Å². The number of nitrogens with zero attached hydrogens (tertiary/aromatic N) is 1. The highest BCUT2D eigenvalue weighted by Crippen LogP contribution is 2.43. The first kappa shape index (κ1) is 14.7. The number of fused-ring (bicyclic) bond motifs is 2. The summed E-state index contributed by atoms with van der Waals surface area (Å²) in [5.41, 5.74) is 3.33. The van der Waals surface area contributed by atoms with Crippen LogP contribution in [0.2, 0.25) is 0 Å². The van der Waals surface area contributed by atoms with Crippen molar-refractivity contribution in [2.24, 2.45) is 0 Å². The molecular weight excluding hydrogens is 300 g/mol. The Morgan fingerprint density at radius 1 is 1.29 bits per heavy atom. The summed E-state index contributed by atoms with van der Waals surface area (Å²) in [6.07, 6.45) is 13.6. The quantitative estimate of drug-likeness (QED) is 0.862. The zero-order valence-electron chi connectivity index (χ0n) is 13.5. The normalized spacial score (nSPS) is 21.9. The van der Waals surface area contributed by atoms with Crippen LogP contribution in [-0.2, 0) is 14.9 Å². The highest BCUT2D eigenvalue weighted by molar-refractivity contribution is 5.93. The minimum absolute atomic E-state index is 0.343. The summed E-state index contributed by atoms with van der Waals surface area (Å²) < 4.78 is 5.20. The summed E-state index contributed by atoms with van der Waals surface area (Å²) in [4.78, 5) is 20.4. The average Bonchev–Trinajstić information content (AvgIpc) is 3.13. The third-order valence-corrected chi connectivity index (χ3v) is 4.78. The Hall–Kier alpha value is -2.88. The van der Waals surface area contributed by atoms with Gasteiger partial charge in [0.05, 0.1) is 7.11 Å². The van der Waals surface area contributed by atoms with Crippen LogP contribution in [0.1, 0.15) is 29.8 Å². The number of imidazole rings is 1. The highest BCUT2D eigenvalue weighted by Gasteiger charge is 2.46. The van der Waals surface area contributed by atoms with E-state index >= 15 is 0 Å². The second-order valence-electron chi connectivity index (χ2n) is 5.99. The van der Waals surface area contributed by atoms with Crippen LogP contribution in [0.3, 0.4) is 0 Å². The number of methoxy groups -OCH3 is 1. The van der Waals surface area contributed by atoms with Gasteiger partial charge in [0.15, 0.2) is 5.41 Å². The van der Waals surface area contributed by atoms with Crippen LogP contribution in [0.15, 0.2) is 66.5 Å². The molecule has 0 bridgehead atoms. The molecule has 0 spiro atoms. The van der Waals surface area contributed by atoms with E-state index in [4.69, 9.17) is 4.74 Å². The second kappa shape index (κ2) is 5.64. The fourth-order valence-electron chi connectivity index (χ4n) is 3.65. The number of nitrogens with one attached hydrogen (secondary N) is 1. The maximum atomic E-state index is 12.9. The molecule has 0 aliphatic heterocycles. The summed E-state index contributed by atoms with van der Waals surface area (Å²) in [6.45, 7) is 0. The first-order valence-corrected chi connectivity index (χ1v) is 8.04. The molecule has 24 heavy (non-hydrogen) atoms. The van der Waals surface area contributed by atoms with Crippen molar-refractivity contribution in [2.75, 3.05) is 7.11 Å². The minimum Gasteiger partial charge on any atom is -0.468 e. The number of esters is 1. The number of ether oxygens (including phenoxy) is 1. The molecule has 1 aromatic carbocycles. The number of benzene rings is 1. The molecule has 120 valence electrons. The molecule has 4 heteroatoms. The van der Waals surface area contributed by atoms with Gasteiger partial charge in [-0.3, -0.25) is 4.79 Å². The molecule has 1 atom stereocenters. The van der Waals surface area contributed by atoms with Crippen LogP contribution in [-0.4, -0.2) is 23.0 Å². The molecule has 2 aliphatic carbocycles. The molecule has 2 aliphatic rings. The van der Waals surface area contributed by atoms with Gasteiger partial charge in [0.25, 0.3) is 0 Å².